The number of hydrogen-bond donors (Lipinski definition) is 1. The summed E-state index contributed by atoms with van der Waals surface area (Å²) in [7, 11) is 1.66. The van der Waals surface area contributed by atoms with Gasteiger partial charge in [-0.3, -0.25) is 0 Å². The van der Waals surface area contributed by atoms with E-state index in [0.717, 1.165) is 18.7 Å². The molecule has 2 rings (SSSR count). The van der Waals surface area contributed by atoms with Crippen LogP contribution >= 0.6 is 0 Å². The summed E-state index contributed by atoms with van der Waals surface area (Å²) in [6.45, 7) is 0.799. The highest BCUT2D eigenvalue weighted by Crippen LogP contribution is 2.27. The summed E-state index contributed by atoms with van der Waals surface area (Å²) in [5, 5.41) is 12.2. The summed E-state index contributed by atoms with van der Waals surface area (Å²) in [6, 6.07) is 10.6. The van der Waals surface area contributed by atoms with Crippen molar-refractivity contribution in [2.45, 2.75) is 12.5 Å². The van der Waals surface area contributed by atoms with Crippen LogP contribution in [0, 0.1) is 17.2 Å². The highest BCUT2D eigenvalue weighted by molar-refractivity contribution is 5.29. The maximum Gasteiger partial charge on any atom is 0.118 e. The van der Waals surface area contributed by atoms with Gasteiger partial charge in [-0.25, -0.2) is 0 Å². The highest BCUT2D eigenvalue weighted by Gasteiger charge is 2.24. The van der Waals surface area contributed by atoms with Gasteiger partial charge in [-0.2, -0.15) is 5.26 Å². The molecule has 3 nitrogen and oxygen atoms in total. The van der Waals surface area contributed by atoms with Crippen LogP contribution in [0.4, 0.5) is 0 Å². The van der Waals surface area contributed by atoms with E-state index in [-0.39, 0.29) is 5.92 Å². The van der Waals surface area contributed by atoms with Crippen molar-refractivity contribution in [1.82, 2.24) is 5.32 Å². The molecule has 2 atom stereocenters. The van der Waals surface area contributed by atoms with Gasteiger partial charge in [-0.05, 0) is 24.1 Å². The van der Waals surface area contributed by atoms with Crippen molar-refractivity contribution in [3.63, 3.8) is 0 Å². The van der Waals surface area contributed by atoms with E-state index < -0.39 is 0 Å². The minimum absolute atomic E-state index is 0.150. The molecule has 0 aromatic heterocycles. The number of benzene rings is 1. The first kappa shape index (κ1) is 10.0. The molecular formula is C12H14N2O. The first-order valence-corrected chi connectivity index (χ1v) is 5.10. The zero-order valence-corrected chi connectivity index (χ0v) is 8.73. The van der Waals surface area contributed by atoms with E-state index in [1.165, 1.54) is 5.56 Å². The van der Waals surface area contributed by atoms with Crippen LogP contribution in [0.5, 0.6) is 5.75 Å². The minimum atomic E-state index is 0.150. The van der Waals surface area contributed by atoms with Gasteiger partial charge in [0.2, 0.25) is 0 Å². The Morgan fingerprint density at radius 3 is 2.67 bits per heavy atom. The van der Waals surface area contributed by atoms with Crippen LogP contribution in [0.25, 0.3) is 0 Å². The van der Waals surface area contributed by atoms with Crippen LogP contribution in [0.15, 0.2) is 24.3 Å². The molecule has 0 spiro atoms. The van der Waals surface area contributed by atoms with Crippen molar-refractivity contribution in [2.24, 2.45) is 5.92 Å². The van der Waals surface area contributed by atoms with Crippen LogP contribution in [0.3, 0.4) is 0 Å². The summed E-state index contributed by atoms with van der Waals surface area (Å²) in [4.78, 5) is 0. The van der Waals surface area contributed by atoms with Crippen LogP contribution in [0.2, 0.25) is 0 Å². The molecule has 1 N–H and O–H groups in total. The molecular weight excluding hydrogens is 188 g/mol. The molecule has 78 valence electrons. The predicted molar refractivity (Wildman–Crippen MR) is 57.5 cm³/mol. The van der Waals surface area contributed by atoms with Crippen molar-refractivity contribution in [2.75, 3.05) is 13.7 Å². The molecule has 1 aromatic carbocycles. The van der Waals surface area contributed by atoms with Crippen LogP contribution in [-0.4, -0.2) is 13.7 Å². The Balaban J connectivity index is 2.08. The maximum atomic E-state index is 8.80. The van der Waals surface area contributed by atoms with E-state index in [0.29, 0.717) is 6.04 Å². The van der Waals surface area contributed by atoms with Crippen molar-refractivity contribution < 1.29 is 4.74 Å². The number of nitrogens with one attached hydrogen (secondary N) is 1. The molecule has 3 heteroatoms. The molecule has 1 aliphatic heterocycles. The molecule has 1 aliphatic rings. The van der Waals surface area contributed by atoms with Gasteiger partial charge in [0.15, 0.2) is 0 Å². The van der Waals surface area contributed by atoms with Gasteiger partial charge in [0.25, 0.3) is 0 Å². The van der Waals surface area contributed by atoms with E-state index in [2.05, 4.69) is 23.5 Å². The second-order valence-corrected chi connectivity index (χ2v) is 3.80. The van der Waals surface area contributed by atoms with Gasteiger partial charge < -0.3 is 10.1 Å². The highest BCUT2D eigenvalue weighted by atomic mass is 16.5. The molecule has 0 amide bonds. The monoisotopic (exact) mass is 202 g/mol. The van der Waals surface area contributed by atoms with E-state index in [1.807, 2.05) is 12.1 Å². The normalized spacial score (nSPS) is 24.8. The van der Waals surface area contributed by atoms with Gasteiger partial charge in [0.1, 0.15) is 5.75 Å². The summed E-state index contributed by atoms with van der Waals surface area (Å²) in [6.07, 6.45) is 0.906. The molecule has 0 aliphatic carbocycles. The maximum absolute atomic E-state index is 8.80. The number of nitriles is 1. The number of ether oxygens (including phenoxy) is 1. The fourth-order valence-electron chi connectivity index (χ4n) is 1.92. The largest absolute Gasteiger partial charge is 0.497 e. The SMILES string of the molecule is COc1ccc(C2CC(C#N)CN2)cc1. The Labute approximate surface area is 89.7 Å². The van der Waals surface area contributed by atoms with Crippen LogP contribution in [-0.2, 0) is 0 Å². The average molecular weight is 202 g/mol. The van der Waals surface area contributed by atoms with E-state index in [4.69, 9.17) is 10.00 Å². The second-order valence-electron chi connectivity index (χ2n) is 3.80. The summed E-state index contributed by atoms with van der Waals surface area (Å²) < 4.78 is 5.10. The molecule has 0 bridgehead atoms. The number of nitrogens with zero attached hydrogens (tertiary/aromatic N) is 1. The fourth-order valence-corrected chi connectivity index (χ4v) is 1.92. The Morgan fingerprint density at radius 2 is 2.13 bits per heavy atom. The van der Waals surface area contributed by atoms with Crippen LogP contribution < -0.4 is 10.1 Å². The van der Waals surface area contributed by atoms with Crippen molar-refractivity contribution >= 4 is 0 Å². The number of hydrogen-bond acceptors (Lipinski definition) is 3. The molecule has 15 heavy (non-hydrogen) atoms. The molecule has 0 saturated carbocycles. The van der Waals surface area contributed by atoms with Crippen LogP contribution in [0.1, 0.15) is 18.0 Å². The first-order chi connectivity index (χ1) is 7.33. The predicted octanol–water partition coefficient (Wildman–Crippen LogP) is 1.87. The third-order valence-corrected chi connectivity index (χ3v) is 2.83. The van der Waals surface area contributed by atoms with Gasteiger partial charge in [0, 0.05) is 12.6 Å². The quantitative estimate of drug-likeness (QED) is 0.796. The molecule has 1 aromatic rings. The van der Waals surface area contributed by atoms with Gasteiger partial charge in [0.05, 0.1) is 19.1 Å². The van der Waals surface area contributed by atoms with Crippen molar-refractivity contribution in [3.8, 4) is 11.8 Å². The van der Waals surface area contributed by atoms with E-state index in [1.54, 1.807) is 7.11 Å². The fraction of sp³-hybridized carbons (Fsp3) is 0.417. The van der Waals surface area contributed by atoms with Gasteiger partial charge in [-0.1, -0.05) is 12.1 Å². The Bertz CT molecular complexity index is 366. The lowest BCUT2D eigenvalue weighted by Crippen LogP contribution is -2.13. The van der Waals surface area contributed by atoms with Crippen molar-refractivity contribution in [1.29, 1.82) is 5.26 Å². The summed E-state index contributed by atoms with van der Waals surface area (Å²) in [5.41, 5.74) is 1.23. The third kappa shape index (κ3) is 2.11. The molecule has 1 heterocycles. The molecule has 0 radical (unpaired) electrons. The molecule has 2 unspecified atom stereocenters. The number of methoxy groups -OCH3 is 1. The Kier molecular flexibility index (Phi) is 2.89. The average Bonchev–Trinajstić information content (AvgIpc) is 2.78. The third-order valence-electron chi connectivity index (χ3n) is 2.83. The lowest BCUT2D eigenvalue weighted by molar-refractivity contribution is 0.414. The van der Waals surface area contributed by atoms with Crippen molar-refractivity contribution in [3.05, 3.63) is 29.8 Å². The summed E-state index contributed by atoms with van der Waals surface area (Å²) in [5.74, 6) is 1.02. The molecule has 1 saturated heterocycles. The lowest BCUT2D eigenvalue weighted by atomic mass is 10.0. The van der Waals surface area contributed by atoms with Gasteiger partial charge in [-0.15, -0.1) is 0 Å². The standard InChI is InChI=1S/C12H14N2O/c1-15-11-4-2-10(3-5-11)12-6-9(7-13)8-14-12/h2-5,9,12,14H,6,8H2,1H3. The molecule has 1 fully saturated rings. The lowest BCUT2D eigenvalue weighted by Gasteiger charge is -2.10. The zero-order chi connectivity index (χ0) is 10.7. The van der Waals surface area contributed by atoms with E-state index >= 15 is 0 Å². The summed E-state index contributed by atoms with van der Waals surface area (Å²) >= 11 is 0. The van der Waals surface area contributed by atoms with Gasteiger partial charge >= 0.3 is 0 Å². The minimum Gasteiger partial charge on any atom is -0.497 e. The zero-order valence-electron chi connectivity index (χ0n) is 8.73. The first-order valence-electron chi connectivity index (χ1n) is 5.10. The second kappa shape index (κ2) is 4.33. The topological polar surface area (TPSA) is 45.0 Å². The Morgan fingerprint density at radius 1 is 1.40 bits per heavy atom. The van der Waals surface area contributed by atoms with E-state index in [9.17, 15) is 0 Å². The Hall–Kier alpha value is -1.53. The smallest absolute Gasteiger partial charge is 0.118 e. The number of rotatable bonds is 2.